The summed E-state index contributed by atoms with van der Waals surface area (Å²) < 4.78 is 164. The molecule has 0 aliphatic rings. The van der Waals surface area contributed by atoms with Crippen molar-refractivity contribution in [2.75, 3.05) is 5.73 Å². The van der Waals surface area contributed by atoms with Crippen molar-refractivity contribution in [3.63, 3.8) is 0 Å². The van der Waals surface area contributed by atoms with Gasteiger partial charge in [-0.3, -0.25) is 0 Å². The molecule has 0 aliphatic carbocycles. The third-order valence-electron chi connectivity index (χ3n) is 3.21. The van der Waals surface area contributed by atoms with Crippen LogP contribution in [0.15, 0.2) is 17.0 Å². The second-order valence-electron chi connectivity index (χ2n) is 4.90. The number of nitrogens with two attached hydrogens (primary N) is 1. The highest BCUT2D eigenvalue weighted by Gasteiger charge is 2.81. The maximum atomic E-state index is 14.4. The van der Waals surface area contributed by atoms with E-state index in [1.54, 1.807) is 0 Å². The lowest BCUT2D eigenvalue weighted by atomic mass is 9.87. The van der Waals surface area contributed by atoms with E-state index in [1.807, 2.05) is 0 Å². The fourth-order valence-corrected chi connectivity index (χ4v) is 3.55. The second-order valence-corrected chi connectivity index (χ2v) is 7.95. The quantitative estimate of drug-likeness (QED) is 0.333. The van der Waals surface area contributed by atoms with Crippen molar-refractivity contribution >= 4 is 38.1 Å². The van der Waals surface area contributed by atoms with Gasteiger partial charge in [0.1, 0.15) is 0 Å². The third-order valence-corrected chi connectivity index (χ3v) is 5.52. The summed E-state index contributed by atoms with van der Waals surface area (Å²) in [7, 11) is -5.86. The molecule has 0 aromatic heterocycles. The van der Waals surface area contributed by atoms with Gasteiger partial charge in [-0.1, -0.05) is 0 Å². The SMILES string of the molecule is Nc1c(I)cc(C(F)(C(F)(F)F)C(F)(F)C(F)(F)F)cc1S(=O)(=O)C(F)F. The number of alkyl halides is 11. The van der Waals surface area contributed by atoms with Gasteiger partial charge in [0, 0.05) is 9.13 Å². The largest absolute Gasteiger partial charge is 0.457 e. The van der Waals surface area contributed by atoms with Crippen LogP contribution in [0.25, 0.3) is 0 Å². The summed E-state index contributed by atoms with van der Waals surface area (Å²) in [4.78, 5) is -1.93. The summed E-state index contributed by atoms with van der Waals surface area (Å²) in [6.45, 7) is 0. The zero-order valence-corrected chi connectivity index (χ0v) is 15.0. The summed E-state index contributed by atoms with van der Waals surface area (Å²) in [6.07, 6.45) is -14.0. The molecule has 0 saturated heterocycles. The highest BCUT2D eigenvalue weighted by molar-refractivity contribution is 14.1. The molecule has 27 heavy (non-hydrogen) atoms. The van der Waals surface area contributed by atoms with Gasteiger partial charge < -0.3 is 5.73 Å². The molecule has 1 aromatic carbocycles. The molecule has 0 fully saturated rings. The van der Waals surface area contributed by atoms with E-state index in [2.05, 4.69) is 0 Å². The predicted molar refractivity (Wildman–Crippen MR) is 76.6 cm³/mol. The van der Waals surface area contributed by atoms with Gasteiger partial charge in [0.15, 0.2) is 0 Å². The predicted octanol–water partition coefficient (Wildman–Crippen LogP) is 4.79. The summed E-state index contributed by atoms with van der Waals surface area (Å²) in [6, 6.07) is -0.959. The van der Waals surface area contributed by atoms with E-state index >= 15 is 0 Å². The smallest absolute Gasteiger partial charge is 0.397 e. The van der Waals surface area contributed by atoms with Crippen LogP contribution in [0.3, 0.4) is 0 Å². The summed E-state index contributed by atoms with van der Waals surface area (Å²) in [5.41, 5.74) is -5.14. The molecule has 16 heteroatoms. The third kappa shape index (κ3) is 3.65. The van der Waals surface area contributed by atoms with Crippen LogP contribution in [0, 0.1) is 3.57 Å². The fourth-order valence-electron chi connectivity index (χ4n) is 1.84. The molecule has 1 aromatic rings. The van der Waals surface area contributed by atoms with E-state index in [-0.39, 0.29) is 6.07 Å². The topological polar surface area (TPSA) is 60.2 Å². The maximum absolute atomic E-state index is 14.4. The molecule has 1 atom stereocenters. The van der Waals surface area contributed by atoms with Crippen LogP contribution in [-0.4, -0.2) is 32.5 Å². The molecule has 156 valence electrons. The van der Waals surface area contributed by atoms with E-state index in [1.165, 1.54) is 0 Å². The van der Waals surface area contributed by atoms with Crippen LogP contribution in [-0.2, 0) is 15.5 Å². The molecule has 0 heterocycles. The van der Waals surface area contributed by atoms with Crippen molar-refractivity contribution in [2.45, 2.75) is 34.6 Å². The first-order valence-corrected chi connectivity index (χ1v) is 8.67. The van der Waals surface area contributed by atoms with Gasteiger partial charge in [-0.15, -0.1) is 0 Å². The number of hydrogen-bond acceptors (Lipinski definition) is 3. The lowest BCUT2D eigenvalue weighted by Crippen LogP contribution is -2.59. The maximum Gasteiger partial charge on any atom is 0.457 e. The molecule has 0 spiro atoms. The minimum Gasteiger partial charge on any atom is -0.397 e. The molecule has 0 amide bonds. The van der Waals surface area contributed by atoms with Crippen LogP contribution in [0.2, 0.25) is 0 Å². The van der Waals surface area contributed by atoms with Crippen molar-refractivity contribution in [1.82, 2.24) is 0 Å². The Hall–Kier alpha value is -1.07. The Labute approximate surface area is 156 Å². The van der Waals surface area contributed by atoms with Crippen molar-refractivity contribution in [1.29, 1.82) is 0 Å². The first-order chi connectivity index (χ1) is 11.7. The summed E-state index contributed by atoms with van der Waals surface area (Å²) >= 11 is 0.862. The van der Waals surface area contributed by atoms with E-state index in [4.69, 9.17) is 5.73 Å². The highest BCUT2D eigenvalue weighted by Crippen LogP contribution is 2.58. The summed E-state index contributed by atoms with van der Waals surface area (Å²) in [5, 5.41) is 0. The number of benzene rings is 1. The van der Waals surface area contributed by atoms with E-state index in [0.717, 1.165) is 22.6 Å². The standard InChI is InChI=1S/C11H5F11INO2S/c12-7(13)27(25,26)5-2-3(1-4(23)6(5)24)8(14,10(17,18)19)9(15,16)11(20,21)22/h1-2,7H,24H2. The molecule has 0 radical (unpaired) electrons. The van der Waals surface area contributed by atoms with Crippen molar-refractivity contribution in [3.8, 4) is 0 Å². The van der Waals surface area contributed by atoms with E-state index in [9.17, 15) is 56.7 Å². The molecule has 0 bridgehead atoms. The Morgan fingerprint density at radius 1 is 0.889 bits per heavy atom. The number of rotatable bonds is 4. The van der Waals surface area contributed by atoms with Crippen LogP contribution in [0.4, 0.5) is 54.0 Å². The minimum atomic E-state index is -7.09. The zero-order chi connectivity index (χ0) is 21.8. The summed E-state index contributed by atoms with van der Waals surface area (Å²) in [5.74, 6) is -11.4. The molecule has 3 nitrogen and oxygen atoms in total. The van der Waals surface area contributed by atoms with Gasteiger partial charge in [0.25, 0.3) is 0 Å². The first-order valence-electron chi connectivity index (χ1n) is 6.04. The Balaban J connectivity index is 4.02. The fraction of sp³-hybridized carbons (Fsp3) is 0.455. The van der Waals surface area contributed by atoms with Gasteiger partial charge in [0.2, 0.25) is 9.84 Å². The Kier molecular flexibility index (Phi) is 6.01. The van der Waals surface area contributed by atoms with Crippen molar-refractivity contribution in [2.24, 2.45) is 0 Å². The van der Waals surface area contributed by atoms with E-state index < -0.39 is 65.3 Å². The number of halogens is 12. The van der Waals surface area contributed by atoms with Crippen LogP contribution >= 0.6 is 22.6 Å². The molecular weight excluding hydrogens is 546 g/mol. The normalized spacial score (nSPS) is 16.5. The number of nitrogen functional groups attached to an aromatic ring is 1. The van der Waals surface area contributed by atoms with Crippen LogP contribution < -0.4 is 5.73 Å². The Bertz CT molecular complexity index is 834. The lowest BCUT2D eigenvalue weighted by Gasteiger charge is -2.36. The molecule has 1 rings (SSSR count). The highest BCUT2D eigenvalue weighted by atomic mass is 127. The monoisotopic (exact) mass is 551 g/mol. The molecular formula is C11H5F11INO2S. The van der Waals surface area contributed by atoms with Gasteiger partial charge in [-0.2, -0.15) is 43.9 Å². The second kappa shape index (κ2) is 6.77. The van der Waals surface area contributed by atoms with Gasteiger partial charge in [0.05, 0.1) is 10.6 Å². The van der Waals surface area contributed by atoms with Crippen LogP contribution in [0.5, 0.6) is 0 Å². The van der Waals surface area contributed by atoms with Gasteiger partial charge in [-0.05, 0) is 34.7 Å². The first kappa shape index (κ1) is 24.0. The number of sulfone groups is 1. The number of hydrogen-bond donors (Lipinski definition) is 1. The lowest BCUT2D eigenvalue weighted by molar-refractivity contribution is -0.389. The van der Waals surface area contributed by atoms with Crippen molar-refractivity contribution in [3.05, 3.63) is 21.3 Å². The minimum absolute atomic E-state index is 0.243. The van der Waals surface area contributed by atoms with Crippen molar-refractivity contribution < 1.29 is 56.7 Å². The molecule has 0 aliphatic heterocycles. The van der Waals surface area contributed by atoms with Gasteiger partial charge in [-0.25, -0.2) is 12.8 Å². The molecule has 2 N–H and O–H groups in total. The number of anilines is 1. The Morgan fingerprint density at radius 3 is 1.67 bits per heavy atom. The van der Waals surface area contributed by atoms with Crippen LogP contribution in [0.1, 0.15) is 5.56 Å². The van der Waals surface area contributed by atoms with E-state index in [0.29, 0.717) is 0 Å². The molecule has 1 unspecified atom stereocenters. The average molecular weight is 551 g/mol. The molecule has 0 saturated carbocycles. The van der Waals surface area contributed by atoms with Gasteiger partial charge >= 0.3 is 29.7 Å². The zero-order valence-electron chi connectivity index (χ0n) is 12.1. The average Bonchev–Trinajstić information content (AvgIpc) is 2.45. The Morgan fingerprint density at radius 2 is 1.33 bits per heavy atom.